The van der Waals surface area contributed by atoms with E-state index in [0.717, 1.165) is 42.4 Å². The van der Waals surface area contributed by atoms with Crippen LogP contribution in [0.3, 0.4) is 0 Å². The molecule has 3 rings (SSSR count). The van der Waals surface area contributed by atoms with Crippen molar-refractivity contribution in [1.82, 2.24) is 0 Å². The summed E-state index contributed by atoms with van der Waals surface area (Å²) in [6.45, 7) is 0.533. The third-order valence-electron chi connectivity index (χ3n) is 4.24. The van der Waals surface area contributed by atoms with Crippen molar-refractivity contribution in [2.24, 2.45) is 0 Å². The fraction of sp³-hybridized carbons (Fsp3) is 0.316. The van der Waals surface area contributed by atoms with Gasteiger partial charge in [-0.25, -0.2) is 0 Å². The van der Waals surface area contributed by atoms with E-state index in [9.17, 15) is 9.90 Å². The number of carbonyl (C=O) groups is 1. The molecular weight excluding hydrogens is 276 g/mol. The summed E-state index contributed by atoms with van der Waals surface area (Å²) >= 11 is 0. The number of benzene rings is 2. The Hall–Kier alpha value is -2.29. The number of aldehydes is 1. The average Bonchev–Trinajstić information content (AvgIpc) is 2.57. The highest BCUT2D eigenvalue weighted by molar-refractivity contribution is 5.67. The number of phenolic OH excluding ortho intramolecular Hbond substituents is 1. The monoisotopic (exact) mass is 296 g/mol. The van der Waals surface area contributed by atoms with Gasteiger partial charge in [0.05, 0.1) is 6.61 Å². The van der Waals surface area contributed by atoms with Gasteiger partial charge < -0.3 is 14.6 Å². The van der Waals surface area contributed by atoms with Crippen LogP contribution in [0.4, 0.5) is 0 Å². The zero-order chi connectivity index (χ0) is 15.4. The first-order valence-corrected chi connectivity index (χ1v) is 7.76. The van der Waals surface area contributed by atoms with Crippen molar-refractivity contribution in [2.45, 2.75) is 31.6 Å². The van der Waals surface area contributed by atoms with Gasteiger partial charge in [-0.1, -0.05) is 36.4 Å². The number of rotatable bonds is 5. The average molecular weight is 296 g/mol. The maximum absolute atomic E-state index is 11.2. The van der Waals surface area contributed by atoms with Crippen molar-refractivity contribution in [2.75, 3.05) is 6.61 Å². The van der Waals surface area contributed by atoms with Crippen LogP contribution in [0.2, 0.25) is 0 Å². The molecule has 0 aliphatic carbocycles. The molecule has 22 heavy (non-hydrogen) atoms. The number of fused-ring (bicyclic) bond motifs is 1. The van der Waals surface area contributed by atoms with Gasteiger partial charge in [0.25, 0.3) is 0 Å². The van der Waals surface area contributed by atoms with Crippen molar-refractivity contribution in [3.05, 3.63) is 59.2 Å². The Morgan fingerprint density at radius 1 is 1.14 bits per heavy atom. The topological polar surface area (TPSA) is 46.5 Å². The molecule has 0 fully saturated rings. The Bertz CT molecular complexity index is 649. The Balaban J connectivity index is 1.77. The molecule has 114 valence electrons. The number of carbonyl (C=O) groups excluding carboxylic acids is 1. The highest BCUT2D eigenvalue weighted by Gasteiger charge is 2.24. The van der Waals surface area contributed by atoms with E-state index in [0.29, 0.717) is 13.0 Å². The molecule has 2 aromatic carbocycles. The minimum absolute atomic E-state index is 0.114. The first-order chi connectivity index (χ1) is 10.8. The molecule has 3 heteroatoms. The predicted molar refractivity (Wildman–Crippen MR) is 85.5 cm³/mol. The van der Waals surface area contributed by atoms with Gasteiger partial charge in [-0.2, -0.15) is 0 Å². The molecular formula is C19H20O3. The zero-order valence-corrected chi connectivity index (χ0v) is 12.5. The van der Waals surface area contributed by atoms with Crippen molar-refractivity contribution in [1.29, 1.82) is 0 Å². The minimum Gasteiger partial charge on any atom is -0.508 e. The van der Waals surface area contributed by atoms with Crippen LogP contribution in [0, 0.1) is 0 Å². The lowest BCUT2D eigenvalue weighted by atomic mass is 9.90. The van der Waals surface area contributed by atoms with E-state index in [-0.39, 0.29) is 11.7 Å². The Kier molecular flexibility index (Phi) is 4.42. The van der Waals surface area contributed by atoms with E-state index in [4.69, 9.17) is 4.74 Å². The molecule has 0 saturated heterocycles. The van der Waals surface area contributed by atoms with Gasteiger partial charge in [0, 0.05) is 17.0 Å². The highest BCUT2D eigenvalue weighted by atomic mass is 16.5. The Labute approximate surface area is 130 Å². The van der Waals surface area contributed by atoms with E-state index >= 15 is 0 Å². The molecule has 1 atom stereocenters. The van der Waals surface area contributed by atoms with Crippen LogP contribution in [0.15, 0.2) is 42.5 Å². The lowest BCUT2D eigenvalue weighted by Crippen LogP contribution is -2.16. The van der Waals surface area contributed by atoms with Crippen LogP contribution in [0.5, 0.6) is 11.5 Å². The maximum Gasteiger partial charge on any atom is 0.130 e. The summed E-state index contributed by atoms with van der Waals surface area (Å²) in [7, 11) is 0. The van der Waals surface area contributed by atoms with Gasteiger partial charge in [0.15, 0.2) is 0 Å². The summed E-state index contributed by atoms with van der Waals surface area (Å²) in [4.78, 5) is 11.2. The standard InChI is InChI=1S/C19H20O3/c20-13-15-11-12-22-19-16(15)9-10-18(21)17(19)8-4-7-14-5-2-1-3-6-14/h1-3,5-6,9-10,13,15,21H,4,7-8,11-12H2. The van der Waals surface area contributed by atoms with Gasteiger partial charge in [-0.15, -0.1) is 0 Å². The normalized spacial score (nSPS) is 16.6. The molecule has 0 bridgehead atoms. The lowest BCUT2D eigenvalue weighted by molar-refractivity contribution is -0.109. The van der Waals surface area contributed by atoms with Crippen LogP contribution in [-0.2, 0) is 17.6 Å². The quantitative estimate of drug-likeness (QED) is 0.857. The van der Waals surface area contributed by atoms with Crippen molar-refractivity contribution in [3.8, 4) is 11.5 Å². The molecule has 1 aliphatic rings. The molecule has 0 saturated carbocycles. The summed E-state index contributed by atoms with van der Waals surface area (Å²) in [6.07, 6.45) is 4.33. The highest BCUT2D eigenvalue weighted by Crippen LogP contribution is 2.40. The molecule has 0 aromatic heterocycles. The summed E-state index contributed by atoms with van der Waals surface area (Å²) in [5.41, 5.74) is 3.03. The lowest BCUT2D eigenvalue weighted by Gasteiger charge is -2.25. The number of aryl methyl sites for hydroxylation is 1. The van der Waals surface area contributed by atoms with E-state index in [1.807, 2.05) is 24.3 Å². The molecule has 3 nitrogen and oxygen atoms in total. The van der Waals surface area contributed by atoms with Crippen molar-refractivity contribution < 1.29 is 14.6 Å². The minimum atomic E-state index is -0.114. The third kappa shape index (κ3) is 2.98. The van der Waals surface area contributed by atoms with E-state index < -0.39 is 0 Å². The second-order valence-corrected chi connectivity index (χ2v) is 5.70. The maximum atomic E-state index is 11.2. The van der Waals surface area contributed by atoms with Gasteiger partial charge in [0.2, 0.25) is 0 Å². The van der Waals surface area contributed by atoms with Crippen LogP contribution < -0.4 is 4.74 Å². The SMILES string of the molecule is O=CC1CCOc2c1ccc(O)c2CCCc1ccccc1. The van der Waals surface area contributed by atoms with Crippen LogP contribution in [0.25, 0.3) is 0 Å². The van der Waals surface area contributed by atoms with E-state index in [1.165, 1.54) is 5.56 Å². The van der Waals surface area contributed by atoms with Gasteiger partial charge >= 0.3 is 0 Å². The molecule has 2 aromatic rings. The summed E-state index contributed by atoms with van der Waals surface area (Å²) in [6, 6.07) is 13.8. The van der Waals surface area contributed by atoms with Gasteiger partial charge in [0.1, 0.15) is 17.8 Å². The van der Waals surface area contributed by atoms with Crippen LogP contribution >= 0.6 is 0 Å². The second-order valence-electron chi connectivity index (χ2n) is 5.70. The van der Waals surface area contributed by atoms with Gasteiger partial charge in [-0.3, -0.25) is 0 Å². The number of hydrogen-bond donors (Lipinski definition) is 1. The molecule has 1 N–H and O–H groups in total. The third-order valence-corrected chi connectivity index (χ3v) is 4.24. The molecule has 0 spiro atoms. The molecule has 1 heterocycles. The first kappa shape index (κ1) is 14.6. The Morgan fingerprint density at radius 3 is 2.73 bits per heavy atom. The fourth-order valence-corrected chi connectivity index (χ4v) is 3.04. The van der Waals surface area contributed by atoms with E-state index in [2.05, 4.69) is 12.1 Å². The molecule has 1 unspecified atom stereocenters. The smallest absolute Gasteiger partial charge is 0.130 e. The predicted octanol–water partition coefficient (Wildman–Crippen LogP) is 3.63. The number of aromatic hydroxyl groups is 1. The van der Waals surface area contributed by atoms with Crippen LogP contribution in [0.1, 0.15) is 35.4 Å². The summed E-state index contributed by atoms with van der Waals surface area (Å²) in [5.74, 6) is 0.868. The zero-order valence-electron chi connectivity index (χ0n) is 12.5. The van der Waals surface area contributed by atoms with Crippen LogP contribution in [-0.4, -0.2) is 18.0 Å². The summed E-state index contributed by atoms with van der Waals surface area (Å²) < 4.78 is 5.75. The summed E-state index contributed by atoms with van der Waals surface area (Å²) in [5, 5.41) is 10.2. The fourth-order valence-electron chi connectivity index (χ4n) is 3.04. The number of ether oxygens (including phenoxy) is 1. The molecule has 0 radical (unpaired) electrons. The van der Waals surface area contributed by atoms with Crippen molar-refractivity contribution >= 4 is 6.29 Å². The Morgan fingerprint density at radius 2 is 1.95 bits per heavy atom. The number of phenols is 1. The molecule has 0 amide bonds. The van der Waals surface area contributed by atoms with E-state index in [1.54, 1.807) is 6.07 Å². The molecule has 1 aliphatic heterocycles. The van der Waals surface area contributed by atoms with Crippen molar-refractivity contribution in [3.63, 3.8) is 0 Å². The van der Waals surface area contributed by atoms with Gasteiger partial charge in [-0.05, 0) is 37.3 Å². The number of hydrogen-bond acceptors (Lipinski definition) is 3. The second kappa shape index (κ2) is 6.65. The largest absolute Gasteiger partial charge is 0.508 e. The first-order valence-electron chi connectivity index (χ1n) is 7.76.